The second-order valence-corrected chi connectivity index (χ2v) is 6.44. The lowest BCUT2D eigenvalue weighted by molar-refractivity contribution is 0.0584. The van der Waals surface area contributed by atoms with Crippen molar-refractivity contribution in [2.75, 3.05) is 11.4 Å². The van der Waals surface area contributed by atoms with Gasteiger partial charge in [0.1, 0.15) is 11.4 Å². The minimum Gasteiger partial charge on any atom is -0.443 e. The van der Waals surface area contributed by atoms with Crippen LogP contribution in [0.15, 0.2) is 12.1 Å². The van der Waals surface area contributed by atoms with Gasteiger partial charge in [0.2, 0.25) is 0 Å². The van der Waals surface area contributed by atoms with Crippen LogP contribution in [0.2, 0.25) is 0 Å². The van der Waals surface area contributed by atoms with Crippen molar-refractivity contribution in [2.24, 2.45) is 0 Å². The Hall–Kier alpha value is -0.850. The van der Waals surface area contributed by atoms with Crippen molar-refractivity contribution in [1.82, 2.24) is 0 Å². The van der Waals surface area contributed by atoms with E-state index in [1.807, 2.05) is 43.4 Å². The van der Waals surface area contributed by atoms with Gasteiger partial charge in [-0.1, -0.05) is 0 Å². The predicted molar refractivity (Wildman–Crippen MR) is 76.4 cm³/mol. The van der Waals surface area contributed by atoms with Crippen molar-refractivity contribution in [3.8, 4) is 0 Å². The summed E-state index contributed by atoms with van der Waals surface area (Å²) in [7, 11) is 0. The summed E-state index contributed by atoms with van der Waals surface area (Å²) >= 11 is 2.05. The number of amides is 1. The third-order valence-electron chi connectivity index (χ3n) is 2.60. The lowest BCUT2D eigenvalue weighted by Gasteiger charge is -2.25. The maximum absolute atomic E-state index is 13.3. The summed E-state index contributed by atoms with van der Waals surface area (Å²) in [4.78, 5) is 13.7. The Morgan fingerprint density at radius 3 is 2.72 bits per heavy atom. The van der Waals surface area contributed by atoms with Crippen LogP contribution >= 0.6 is 22.6 Å². The van der Waals surface area contributed by atoms with E-state index >= 15 is 0 Å². The number of nitrogens with zero attached hydrogens (tertiary/aromatic N) is 1. The molecular formula is C13H15FINO2. The topological polar surface area (TPSA) is 29.5 Å². The van der Waals surface area contributed by atoms with E-state index in [1.54, 1.807) is 4.90 Å². The van der Waals surface area contributed by atoms with E-state index in [0.717, 1.165) is 14.8 Å². The number of fused-ring (bicyclic) bond motifs is 1. The highest BCUT2D eigenvalue weighted by Crippen LogP contribution is 2.34. The molecule has 5 heteroatoms. The first-order valence-corrected chi connectivity index (χ1v) is 6.84. The highest BCUT2D eigenvalue weighted by Gasteiger charge is 2.30. The van der Waals surface area contributed by atoms with Gasteiger partial charge in [-0.3, -0.25) is 4.90 Å². The first-order valence-electron chi connectivity index (χ1n) is 5.76. The highest BCUT2D eigenvalue weighted by molar-refractivity contribution is 14.1. The van der Waals surface area contributed by atoms with Gasteiger partial charge in [-0.15, -0.1) is 0 Å². The maximum Gasteiger partial charge on any atom is 0.414 e. The highest BCUT2D eigenvalue weighted by atomic mass is 127. The molecule has 0 saturated carbocycles. The zero-order chi connectivity index (χ0) is 13.5. The maximum atomic E-state index is 13.3. The number of halogens is 2. The van der Waals surface area contributed by atoms with Gasteiger partial charge in [0, 0.05) is 10.1 Å². The number of ether oxygens (including phenoxy) is 1. The van der Waals surface area contributed by atoms with E-state index in [1.165, 1.54) is 12.1 Å². The Bertz CT molecular complexity index is 496. The summed E-state index contributed by atoms with van der Waals surface area (Å²) in [6.07, 6.45) is 0.299. The van der Waals surface area contributed by atoms with Crippen LogP contribution in [-0.2, 0) is 11.2 Å². The van der Waals surface area contributed by atoms with Crippen LogP contribution in [0, 0.1) is 9.39 Å². The van der Waals surface area contributed by atoms with Crippen LogP contribution in [0.3, 0.4) is 0 Å². The van der Waals surface area contributed by atoms with Crippen molar-refractivity contribution in [1.29, 1.82) is 0 Å². The zero-order valence-electron chi connectivity index (χ0n) is 10.6. The molecule has 0 aliphatic carbocycles. The monoisotopic (exact) mass is 363 g/mol. The minimum absolute atomic E-state index is 0.260. The number of benzene rings is 1. The Labute approximate surface area is 119 Å². The first-order chi connectivity index (χ1) is 8.28. The van der Waals surface area contributed by atoms with E-state index in [0.29, 0.717) is 13.0 Å². The fourth-order valence-electron chi connectivity index (χ4n) is 1.96. The molecule has 0 N–H and O–H groups in total. The van der Waals surface area contributed by atoms with Gasteiger partial charge in [0.05, 0.1) is 5.69 Å². The fourth-order valence-corrected chi connectivity index (χ4v) is 2.89. The van der Waals surface area contributed by atoms with Gasteiger partial charge in [-0.25, -0.2) is 9.18 Å². The van der Waals surface area contributed by atoms with Crippen LogP contribution in [0.1, 0.15) is 26.3 Å². The second-order valence-electron chi connectivity index (χ2n) is 5.28. The molecule has 98 valence electrons. The quantitative estimate of drug-likeness (QED) is 0.658. The Morgan fingerprint density at radius 1 is 1.44 bits per heavy atom. The Kier molecular flexibility index (Phi) is 3.53. The number of hydrogen-bond donors (Lipinski definition) is 0. The van der Waals surface area contributed by atoms with Crippen LogP contribution in [0.4, 0.5) is 14.9 Å². The van der Waals surface area contributed by atoms with E-state index in [4.69, 9.17) is 4.74 Å². The molecule has 0 aromatic heterocycles. The van der Waals surface area contributed by atoms with Gasteiger partial charge in [0.15, 0.2) is 0 Å². The Morgan fingerprint density at radius 2 is 2.11 bits per heavy atom. The summed E-state index contributed by atoms with van der Waals surface area (Å²) < 4.78 is 19.4. The van der Waals surface area contributed by atoms with E-state index in [2.05, 4.69) is 0 Å². The van der Waals surface area contributed by atoms with Gasteiger partial charge in [-0.05, 0) is 67.5 Å². The first kappa shape index (κ1) is 13.6. The number of anilines is 1. The smallest absolute Gasteiger partial charge is 0.414 e. The largest absolute Gasteiger partial charge is 0.443 e. The minimum atomic E-state index is -0.523. The summed E-state index contributed by atoms with van der Waals surface area (Å²) in [6.45, 7) is 6.04. The van der Waals surface area contributed by atoms with Gasteiger partial charge < -0.3 is 4.74 Å². The molecule has 1 amide bonds. The second kappa shape index (κ2) is 4.68. The van der Waals surface area contributed by atoms with Crippen molar-refractivity contribution < 1.29 is 13.9 Å². The summed E-state index contributed by atoms with van der Waals surface area (Å²) in [5.41, 5.74) is 1.13. The summed E-state index contributed by atoms with van der Waals surface area (Å²) in [5, 5.41) is 0. The zero-order valence-corrected chi connectivity index (χ0v) is 12.7. The average molecular weight is 363 g/mol. The molecule has 18 heavy (non-hydrogen) atoms. The van der Waals surface area contributed by atoms with E-state index in [-0.39, 0.29) is 11.9 Å². The molecule has 0 bridgehead atoms. The molecule has 1 heterocycles. The van der Waals surface area contributed by atoms with Crippen molar-refractivity contribution in [3.63, 3.8) is 0 Å². The molecule has 1 aromatic carbocycles. The van der Waals surface area contributed by atoms with Gasteiger partial charge >= 0.3 is 6.09 Å². The summed E-state index contributed by atoms with van der Waals surface area (Å²) in [6, 6.07) is 2.92. The number of hydrogen-bond acceptors (Lipinski definition) is 2. The van der Waals surface area contributed by atoms with Gasteiger partial charge in [0.25, 0.3) is 0 Å². The molecule has 1 aliphatic heterocycles. The third kappa shape index (κ3) is 2.76. The molecule has 3 nitrogen and oxygen atoms in total. The lowest BCUT2D eigenvalue weighted by atomic mass is 10.2. The molecule has 1 aromatic rings. The van der Waals surface area contributed by atoms with Crippen LogP contribution < -0.4 is 4.90 Å². The van der Waals surface area contributed by atoms with Crippen LogP contribution in [0.25, 0.3) is 0 Å². The molecule has 2 rings (SSSR count). The van der Waals surface area contributed by atoms with Crippen LogP contribution in [-0.4, -0.2) is 18.2 Å². The molecule has 0 radical (unpaired) electrons. The molecule has 0 fully saturated rings. The van der Waals surface area contributed by atoms with E-state index < -0.39 is 5.60 Å². The molecule has 0 saturated heterocycles. The van der Waals surface area contributed by atoms with Crippen molar-refractivity contribution in [2.45, 2.75) is 32.8 Å². The molecule has 0 unspecified atom stereocenters. The SMILES string of the molecule is CC(C)(C)OC(=O)N1CCc2cc(F)cc(I)c21. The normalized spacial score (nSPS) is 14.6. The Balaban J connectivity index is 2.29. The number of rotatable bonds is 0. The van der Waals surface area contributed by atoms with E-state index in [9.17, 15) is 9.18 Å². The third-order valence-corrected chi connectivity index (χ3v) is 3.42. The van der Waals surface area contributed by atoms with Gasteiger partial charge in [-0.2, -0.15) is 0 Å². The lowest BCUT2D eigenvalue weighted by Crippen LogP contribution is -2.36. The molecular weight excluding hydrogens is 348 g/mol. The standard InChI is InChI=1S/C13H15FINO2/c1-13(2,3)18-12(17)16-5-4-8-6-9(14)7-10(15)11(8)16/h6-7H,4-5H2,1-3H3. The number of carbonyl (C=O) groups excluding carboxylic acids is 1. The molecule has 1 aliphatic rings. The molecule has 0 atom stereocenters. The molecule has 0 spiro atoms. The van der Waals surface area contributed by atoms with Crippen molar-refractivity contribution >= 4 is 34.4 Å². The van der Waals surface area contributed by atoms with Crippen molar-refractivity contribution in [3.05, 3.63) is 27.1 Å². The fraction of sp³-hybridized carbons (Fsp3) is 0.462. The number of carbonyl (C=O) groups is 1. The average Bonchev–Trinajstić information content (AvgIpc) is 2.58. The summed E-state index contributed by atoms with van der Waals surface area (Å²) in [5.74, 6) is -0.260. The van der Waals surface area contributed by atoms with Crippen LogP contribution in [0.5, 0.6) is 0 Å². The predicted octanol–water partition coefficient (Wildman–Crippen LogP) is 3.73.